The lowest BCUT2D eigenvalue weighted by Gasteiger charge is -2.28. The zero-order chi connectivity index (χ0) is 13.5. The summed E-state index contributed by atoms with van der Waals surface area (Å²) in [6.45, 7) is 4.20. The van der Waals surface area contributed by atoms with E-state index < -0.39 is 0 Å². The van der Waals surface area contributed by atoms with E-state index in [4.69, 9.17) is 9.47 Å². The maximum absolute atomic E-state index is 12.0. The van der Waals surface area contributed by atoms with Crippen molar-refractivity contribution in [1.29, 1.82) is 0 Å². The molecule has 1 aliphatic rings. The number of rotatable bonds is 5. The molecule has 2 atom stereocenters. The molecule has 1 fully saturated rings. The summed E-state index contributed by atoms with van der Waals surface area (Å²) < 4.78 is 11.2. The first kappa shape index (κ1) is 13.8. The van der Waals surface area contributed by atoms with E-state index in [-0.39, 0.29) is 18.2 Å². The summed E-state index contributed by atoms with van der Waals surface area (Å²) in [5.74, 6) is -0.241. The summed E-state index contributed by atoms with van der Waals surface area (Å²) in [6.07, 6.45) is 5.68. The van der Waals surface area contributed by atoms with E-state index in [0.29, 0.717) is 12.2 Å². The highest BCUT2D eigenvalue weighted by molar-refractivity contribution is 5.89. The second-order valence-electron chi connectivity index (χ2n) is 4.80. The first-order chi connectivity index (χ1) is 9.29. The summed E-state index contributed by atoms with van der Waals surface area (Å²) in [5.41, 5.74) is 0.608. The third kappa shape index (κ3) is 4.21. The summed E-state index contributed by atoms with van der Waals surface area (Å²) >= 11 is 0. The SMILES string of the molecule is C=CCOC1CCCC(OC(=O)c2ccccc2)C1. The molecule has 3 nitrogen and oxygen atoms in total. The van der Waals surface area contributed by atoms with Gasteiger partial charge in [0.25, 0.3) is 0 Å². The molecule has 1 aromatic carbocycles. The maximum atomic E-state index is 12.0. The maximum Gasteiger partial charge on any atom is 0.338 e. The van der Waals surface area contributed by atoms with Crippen molar-refractivity contribution in [3.05, 3.63) is 48.6 Å². The number of benzene rings is 1. The molecule has 0 aliphatic heterocycles. The molecule has 3 heteroatoms. The van der Waals surface area contributed by atoms with Gasteiger partial charge in [-0.15, -0.1) is 6.58 Å². The van der Waals surface area contributed by atoms with Gasteiger partial charge in [0.15, 0.2) is 0 Å². The summed E-state index contributed by atoms with van der Waals surface area (Å²) in [6, 6.07) is 9.12. The van der Waals surface area contributed by atoms with Crippen molar-refractivity contribution in [1.82, 2.24) is 0 Å². The fraction of sp³-hybridized carbons (Fsp3) is 0.438. The average molecular weight is 260 g/mol. The van der Waals surface area contributed by atoms with Crippen molar-refractivity contribution < 1.29 is 14.3 Å². The van der Waals surface area contributed by atoms with Gasteiger partial charge in [0.2, 0.25) is 0 Å². The van der Waals surface area contributed by atoms with Gasteiger partial charge >= 0.3 is 5.97 Å². The van der Waals surface area contributed by atoms with Crippen LogP contribution in [0, 0.1) is 0 Å². The molecule has 1 aliphatic carbocycles. The van der Waals surface area contributed by atoms with Crippen molar-refractivity contribution in [2.75, 3.05) is 6.61 Å². The van der Waals surface area contributed by atoms with E-state index >= 15 is 0 Å². The minimum Gasteiger partial charge on any atom is -0.459 e. The fourth-order valence-electron chi connectivity index (χ4n) is 2.36. The van der Waals surface area contributed by atoms with Crippen LogP contribution in [0.1, 0.15) is 36.0 Å². The van der Waals surface area contributed by atoms with Gasteiger partial charge in [-0.25, -0.2) is 4.79 Å². The quantitative estimate of drug-likeness (QED) is 0.601. The smallest absolute Gasteiger partial charge is 0.338 e. The van der Waals surface area contributed by atoms with Crippen molar-refractivity contribution in [2.45, 2.75) is 37.9 Å². The van der Waals surface area contributed by atoms with E-state index in [0.717, 1.165) is 25.7 Å². The van der Waals surface area contributed by atoms with Crippen molar-refractivity contribution in [3.8, 4) is 0 Å². The lowest BCUT2D eigenvalue weighted by atomic mass is 9.95. The molecule has 2 unspecified atom stereocenters. The monoisotopic (exact) mass is 260 g/mol. The third-order valence-electron chi connectivity index (χ3n) is 3.31. The van der Waals surface area contributed by atoms with Gasteiger partial charge in [-0.1, -0.05) is 24.3 Å². The topological polar surface area (TPSA) is 35.5 Å². The number of hydrogen-bond donors (Lipinski definition) is 0. The van der Waals surface area contributed by atoms with E-state index in [1.165, 1.54) is 0 Å². The van der Waals surface area contributed by atoms with Crippen molar-refractivity contribution in [3.63, 3.8) is 0 Å². The highest BCUT2D eigenvalue weighted by Gasteiger charge is 2.25. The van der Waals surface area contributed by atoms with Gasteiger partial charge < -0.3 is 9.47 Å². The van der Waals surface area contributed by atoms with Gasteiger partial charge in [0.05, 0.1) is 18.3 Å². The Kier molecular flexibility index (Phi) is 5.16. The first-order valence-corrected chi connectivity index (χ1v) is 6.78. The Labute approximate surface area is 114 Å². The molecule has 1 saturated carbocycles. The van der Waals surface area contributed by atoms with Crippen LogP contribution in [0.25, 0.3) is 0 Å². The van der Waals surface area contributed by atoms with Gasteiger partial charge in [-0.05, 0) is 31.4 Å². The lowest BCUT2D eigenvalue weighted by Crippen LogP contribution is -2.30. The summed E-state index contributed by atoms with van der Waals surface area (Å²) in [5, 5.41) is 0. The molecule has 0 saturated heterocycles. The molecule has 0 aromatic heterocycles. The normalized spacial score (nSPS) is 22.7. The second kappa shape index (κ2) is 7.10. The Hall–Kier alpha value is -1.61. The summed E-state index contributed by atoms with van der Waals surface area (Å²) in [7, 11) is 0. The van der Waals surface area contributed by atoms with Crippen LogP contribution in [0.3, 0.4) is 0 Å². The second-order valence-corrected chi connectivity index (χ2v) is 4.80. The van der Waals surface area contributed by atoms with Crippen LogP contribution in [-0.4, -0.2) is 24.8 Å². The highest BCUT2D eigenvalue weighted by atomic mass is 16.5. The van der Waals surface area contributed by atoms with E-state index in [1.807, 2.05) is 18.2 Å². The lowest BCUT2D eigenvalue weighted by molar-refractivity contribution is -0.0229. The van der Waals surface area contributed by atoms with Crippen LogP contribution in [0.2, 0.25) is 0 Å². The summed E-state index contributed by atoms with van der Waals surface area (Å²) in [4.78, 5) is 12.0. The standard InChI is InChI=1S/C16H20O3/c1-2-11-18-14-9-6-10-15(12-14)19-16(17)13-7-4-3-5-8-13/h2-5,7-8,14-15H,1,6,9-12H2. The Morgan fingerprint density at radius 3 is 2.74 bits per heavy atom. The Morgan fingerprint density at radius 1 is 1.26 bits per heavy atom. The van der Waals surface area contributed by atoms with Gasteiger partial charge in [-0.3, -0.25) is 0 Å². The molecule has 0 amide bonds. The Bertz CT molecular complexity index is 413. The minimum atomic E-state index is -0.241. The molecule has 0 heterocycles. The third-order valence-corrected chi connectivity index (χ3v) is 3.31. The molecular formula is C16H20O3. The fourth-order valence-corrected chi connectivity index (χ4v) is 2.36. The molecule has 0 N–H and O–H groups in total. The molecule has 19 heavy (non-hydrogen) atoms. The van der Waals surface area contributed by atoms with E-state index in [2.05, 4.69) is 6.58 Å². The number of hydrogen-bond acceptors (Lipinski definition) is 3. The molecule has 0 radical (unpaired) electrons. The molecule has 2 rings (SSSR count). The Balaban J connectivity index is 1.85. The molecule has 0 bridgehead atoms. The van der Waals surface area contributed by atoms with Crippen LogP contribution < -0.4 is 0 Å². The van der Waals surface area contributed by atoms with Crippen LogP contribution in [0.4, 0.5) is 0 Å². The largest absolute Gasteiger partial charge is 0.459 e. The van der Waals surface area contributed by atoms with Crippen LogP contribution in [0.5, 0.6) is 0 Å². The number of ether oxygens (including phenoxy) is 2. The van der Waals surface area contributed by atoms with Crippen molar-refractivity contribution in [2.24, 2.45) is 0 Å². The first-order valence-electron chi connectivity index (χ1n) is 6.78. The van der Waals surface area contributed by atoms with Crippen LogP contribution in [-0.2, 0) is 9.47 Å². The number of carbonyl (C=O) groups is 1. The average Bonchev–Trinajstić information content (AvgIpc) is 2.46. The zero-order valence-corrected chi connectivity index (χ0v) is 11.1. The number of carbonyl (C=O) groups excluding carboxylic acids is 1. The predicted molar refractivity (Wildman–Crippen MR) is 74.1 cm³/mol. The highest BCUT2D eigenvalue weighted by Crippen LogP contribution is 2.24. The molecular weight excluding hydrogens is 240 g/mol. The molecule has 1 aromatic rings. The molecule has 0 spiro atoms. The Morgan fingerprint density at radius 2 is 2.00 bits per heavy atom. The van der Waals surface area contributed by atoms with E-state index in [9.17, 15) is 4.79 Å². The molecule has 102 valence electrons. The predicted octanol–water partition coefficient (Wildman–Crippen LogP) is 3.36. The van der Waals surface area contributed by atoms with Crippen molar-refractivity contribution >= 4 is 5.97 Å². The zero-order valence-electron chi connectivity index (χ0n) is 11.1. The van der Waals surface area contributed by atoms with Crippen LogP contribution in [0.15, 0.2) is 43.0 Å². The van der Waals surface area contributed by atoms with Gasteiger partial charge in [0, 0.05) is 6.42 Å². The van der Waals surface area contributed by atoms with Gasteiger partial charge in [-0.2, -0.15) is 0 Å². The minimum absolute atomic E-state index is 0.0312. The van der Waals surface area contributed by atoms with E-state index in [1.54, 1.807) is 18.2 Å². The number of esters is 1. The van der Waals surface area contributed by atoms with Gasteiger partial charge in [0.1, 0.15) is 6.10 Å². The van der Waals surface area contributed by atoms with Crippen LogP contribution >= 0.6 is 0 Å².